The third-order valence-corrected chi connectivity index (χ3v) is 4.70. The van der Waals surface area contributed by atoms with Crippen molar-refractivity contribution in [2.45, 2.75) is 58.5 Å². The van der Waals surface area contributed by atoms with Gasteiger partial charge in [-0.05, 0) is 32.1 Å². The fourth-order valence-corrected chi connectivity index (χ4v) is 3.49. The number of hydrogen-bond acceptors (Lipinski definition) is 3. The molecule has 1 saturated carbocycles. The van der Waals surface area contributed by atoms with E-state index in [1.54, 1.807) is 11.3 Å². The molecule has 1 aromatic heterocycles. The maximum Gasteiger partial charge on any atom is 0.110 e. The molecule has 0 saturated heterocycles. The van der Waals surface area contributed by atoms with Gasteiger partial charge in [-0.25, -0.2) is 4.98 Å². The van der Waals surface area contributed by atoms with Gasteiger partial charge in [0.25, 0.3) is 0 Å². The minimum Gasteiger partial charge on any atom is -0.305 e. The summed E-state index contributed by atoms with van der Waals surface area (Å²) in [6, 6.07) is 1.17. The smallest absolute Gasteiger partial charge is 0.110 e. The van der Waals surface area contributed by atoms with Crippen LogP contribution in [0.2, 0.25) is 0 Å². The second-order valence-electron chi connectivity index (χ2n) is 4.97. The van der Waals surface area contributed by atoms with Crippen molar-refractivity contribution >= 4 is 11.3 Å². The Morgan fingerprint density at radius 1 is 1.56 bits per heavy atom. The van der Waals surface area contributed by atoms with Crippen LogP contribution < -0.4 is 5.32 Å². The first-order valence-electron chi connectivity index (χ1n) is 6.38. The number of thiazole rings is 1. The normalized spacial score (nSPS) is 27.2. The Morgan fingerprint density at radius 2 is 2.38 bits per heavy atom. The Labute approximate surface area is 102 Å². The highest BCUT2D eigenvalue weighted by Gasteiger charge is 2.26. The molecule has 0 aliphatic heterocycles. The van der Waals surface area contributed by atoms with Crippen molar-refractivity contribution in [3.8, 4) is 0 Å². The van der Waals surface area contributed by atoms with E-state index in [4.69, 9.17) is 0 Å². The summed E-state index contributed by atoms with van der Waals surface area (Å²) >= 11 is 1.79. The Balaban J connectivity index is 2.00. The summed E-state index contributed by atoms with van der Waals surface area (Å²) in [5, 5.41) is 7.21. The van der Waals surface area contributed by atoms with Gasteiger partial charge < -0.3 is 5.32 Å². The highest BCUT2D eigenvalue weighted by molar-refractivity contribution is 7.09. The highest BCUT2D eigenvalue weighted by Crippen LogP contribution is 2.29. The first kappa shape index (κ1) is 12.1. The summed E-state index contributed by atoms with van der Waals surface area (Å²) in [6.07, 6.45) is 5.23. The Morgan fingerprint density at radius 3 is 2.88 bits per heavy atom. The van der Waals surface area contributed by atoms with E-state index < -0.39 is 0 Å². The van der Waals surface area contributed by atoms with Crippen molar-refractivity contribution in [1.29, 1.82) is 0 Å². The van der Waals surface area contributed by atoms with Crippen molar-refractivity contribution in [3.05, 3.63) is 16.1 Å². The third-order valence-electron chi connectivity index (χ3n) is 3.62. The minimum atomic E-state index is 0.462. The van der Waals surface area contributed by atoms with Gasteiger partial charge >= 0.3 is 0 Å². The number of nitrogens with one attached hydrogen (secondary N) is 1. The minimum absolute atomic E-state index is 0.462. The lowest BCUT2D eigenvalue weighted by molar-refractivity contribution is 0.369. The van der Waals surface area contributed by atoms with Crippen LogP contribution in [0.3, 0.4) is 0 Å². The Bertz CT molecular complexity index is 334. The van der Waals surface area contributed by atoms with Gasteiger partial charge in [-0.3, -0.25) is 0 Å². The molecule has 16 heavy (non-hydrogen) atoms. The van der Waals surface area contributed by atoms with Crippen molar-refractivity contribution in [3.63, 3.8) is 0 Å². The van der Waals surface area contributed by atoms with Gasteiger partial charge in [0.15, 0.2) is 0 Å². The molecule has 0 aromatic carbocycles. The molecule has 1 fully saturated rings. The summed E-state index contributed by atoms with van der Waals surface area (Å²) in [4.78, 5) is 4.60. The lowest BCUT2D eigenvalue weighted by atomic mass is 10.0. The van der Waals surface area contributed by atoms with E-state index in [9.17, 15) is 0 Å². The standard InChI is InChI=1S/C13H22N2S/c1-4-11(13-14-10(3)8-16-13)15-12-7-5-6-9(12)2/h8-9,11-12,15H,4-7H2,1-3H3. The fraction of sp³-hybridized carbons (Fsp3) is 0.769. The van der Waals surface area contributed by atoms with Crippen LogP contribution in [-0.4, -0.2) is 11.0 Å². The molecule has 1 aliphatic carbocycles. The summed E-state index contributed by atoms with van der Waals surface area (Å²) in [7, 11) is 0. The Hall–Kier alpha value is -0.410. The van der Waals surface area contributed by atoms with Crippen molar-refractivity contribution in [1.82, 2.24) is 10.3 Å². The summed E-state index contributed by atoms with van der Waals surface area (Å²) in [6.45, 7) is 6.68. The second kappa shape index (κ2) is 5.28. The first-order valence-corrected chi connectivity index (χ1v) is 7.26. The molecule has 1 aromatic rings. The molecule has 1 heterocycles. The lowest BCUT2D eigenvalue weighted by Gasteiger charge is -2.23. The zero-order valence-electron chi connectivity index (χ0n) is 10.5. The quantitative estimate of drug-likeness (QED) is 0.865. The van der Waals surface area contributed by atoms with Crippen LogP contribution >= 0.6 is 11.3 Å². The maximum absolute atomic E-state index is 4.60. The average molecular weight is 238 g/mol. The number of aryl methyl sites for hydroxylation is 1. The monoisotopic (exact) mass is 238 g/mol. The van der Waals surface area contributed by atoms with Gasteiger partial charge in [-0.1, -0.05) is 20.3 Å². The Kier molecular flexibility index (Phi) is 3.98. The van der Waals surface area contributed by atoms with Crippen LogP contribution in [0.15, 0.2) is 5.38 Å². The van der Waals surface area contributed by atoms with Crippen LogP contribution in [-0.2, 0) is 0 Å². The highest BCUT2D eigenvalue weighted by atomic mass is 32.1. The molecule has 1 N–H and O–H groups in total. The number of nitrogens with zero attached hydrogens (tertiary/aromatic N) is 1. The molecule has 0 bridgehead atoms. The molecule has 3 heteroatoms. The molecule has 1 aliphatic rings. The molecule has 3 unspecified atom stereocenters. The van der Waals surface area contributed by atoms with E-state index in [-0.39, 0.29) is 0 Å². The van der Waals surface area contributed by atoms with Gasteiger partial charge in [0.05, 0.1) is 6.04 Å². The summed E-state index contributed by atoms with van der Waals surface area (Å²) in [5.74, 6) is 0.829. The van der Waals surface area contributed by atoms with Crippen molar-refractivity contribution in [2.75, 3.05) is 0 Å². The fourth-order valence-electron chi connectivity index (χ4n) is 2.55. The predicted molar refractivity (Wildman–Crippen MR) is 69.8 cm³/mol. The largest absolute Gasteiger partial charge is 0.305 e. The SMILES string of the molecule is CCC(NC1CCCC1C)c1nc(C)cs1. The first-order chi connectivity index (χ1) is 7.70. The van der Waals surface area contributed by atoms with E-state index in [1.165, 1.54) is 24.3 Å². The van der Waals surface area contributed by atoms with Crippen molar-refractivity contribution in [2.24, 2.45) is 5.92 Å². The molecular formula is C13H22N2S. The number of hydrogen-bond donors (Lipinski definition) is 1. The van der Waals surface area contributed by atoms with Gasteiger partial charge in [-0.2, -0.15) is 0 Å². The van der Waals surface area contributed by atoms with Crippen LogP contribution in [0.4, 0.5) is 0 Å². The summed E-state index contributed by atoms with van der Waals surface area (Å²) < 4.78 is 0. The second-order valence-corrected chi connectivity index (χ2v) is 5.86. The third kappa shape index (κ3) is 2.64. The van der Waals surface area contributed by atoms with Crippen molar-refractivity contribution < 1.29 is 0 Å². The predicted octanol–water partition coefficient (Wildman–Crippen LogP) is 3.68. The van der Waals surface area contributed by atoms with E-state index in [2.05, 4.69) is 36.5 Å². The molecule has 0 radical (unpaired) electrons. The van der Waals surface area contributed by atoms with Crippen LogP contribution in [0.5, 0.6) is 0 Å². The number of rotatable bonds is 4. The summed E-state index contributed by atoms with van der Waals surface area (Å²) in [5.41, 5.74) is 1.15. The van der Waals surface area contributed by atoms with Crippen LogP contribution in [0, 0.1) is 12.8 Å². The van der Waals surface area contributed by atoms with E-state index >= 15 is 0 Å². The van der Waals surface area contributed by atoms with Gasteiger partial charge in [0, 0.05) is 17.1 Å². The average Bonchev–Trinajstić information content (AvgIpc) is 2.85. The van der Waals surface area contributed by atoms with E-state index in [0.29, 0.717) is 12.1 Å². The van der Waals surface area contributed by atoms with E-state index in [1.807, 2.05) is 0 Å². The number of aromatic nitrogens is 1. The molecule has 0 amide bonds. The molecule has 0 spiro atoms. The molecule has 3 atom stereocenters. The van der Waals surface area contributed by atoms with Crippen LogP contribution in [0.1, 0.15) is 56.3 Å². The topological polar surface area (TPSA) is 24.9 Å². The molecular weight excluding hydrogens is 216 g/mol. The zero-order chi connectivity index (χ0) is 11.5. The molecule has 2 rings (SSSR count). The van der Waals surface area contributed by atoms with Gasteiger partial charge in [0.1, 0.15) is 5.01 Å². The van der Waals surface area contributed by atoms with Gasteiger partial charge in [0.2, 0.25) is 0 Å². The van der Waals surface area contributed by atoms with Gasteiger partial charge in [-0.15, -0.1) is 11.3 Å². The van der Waals surface area contributed by atoms with E-state index in [0.717, 1.165) is 18.0 Å². The molecule has 2 nitrogen and oxygen atoms in total. The van der Waals surface area contributed by atoms with Crippen LogP contribution in [0.25, 0.3) is 0 Å². The maximum atomic E-state index is 4.60. The molecule has 90 valence electrons. The lowest BCUT2D eigenvalue weighted by Crippen LogP contribution is -2.34. The zero-order valence-corrected chi connectivity index (χ0v) is 11.3.